The first-order valence-electron chi connectivity index (χ1n) is 8.11. The Morgan fingerprint density at radius 3 is 2.56 bits per heavy atom. The molecule has 0 spiro atoms. The number of hydrogen-bond donors (Lipinski definition) is 2. The fourth-order valence-corrected chi connectivity index (χ4v) is 3.12. The highest BCUT2D eigenvalue weighted by atomic mass is 35.5. The first-order chi connectivity index (χ1) is 12.0. The molecule has 1 aliphatic rings. The number of aliphatic carboxylic acids is 1. The van der Waals surface area contributed by atoms with Crippen LogP contribution in [0.2, 0.25) is 5.02 Å². The molecule has 0 bridgehead atoms. The van der Waals surface area contributed by atoms with Gasteiger partial charge in [-0.25, -0.2) is 4.79 Å². The van der Waals surface area contributed by atoms with Crippen molar-refractivity contribution in [1.29, 1.82) is 0 Å². The molecule has 0 aliphatic heterocycles. The molecule has 0 atom stereocenters. The van der Waals surface area contributed by atoms with Gasteiger partial charge in [0.15, 0.2) is 0 Å². The Morgan fingerprint density at radius 2 is 1.92 bits per heavy atom. The fraction of sp³-hybridized carbons (Fsp3) is 0.412. The van der Waals surface area contributed by atoms with Crippen molar-refractivity contribution in [1.82, 2.24) is 15.5 Å². The smallest absolute Gasteiger partial charge is 0.329 e. The first-order valence-corrected chi connectivity index (χ1v) is 8.49. The predicted molar refractivity (Wildman–Crippen MR) is 90.0 cm³/mol. The molecule has 1 saturated carbocycles. The molecule has 132 valence electrons. The van der Waals surface area contributed by atoms with Crippen LogP contribution in [0, 0.1) is 0 Å². The van der Waals surface area contributed by atoms with Gasteiger partial charge < -0.3 is 14.9 Å². The molecule has 1 aromatic carbocycles. The standard InChI is InChI=1S/C17H18ClN3O4/c18-12-5-3-11(4-6-12)15-19-14(25-21-15)8-7-13(22)20-17(16(23)24)9-1-2-10-17/h3-6H,1-2,7-10H2,(H,20,22)(H,23,24). The summed E-state index contributed by atoms with van der Waals surface area (Å²) < 4.78 is 5.15. The second kappa shape index (κ2) is 7.23. The molecule has 8 heteroatoms. The van der Waals surface area contributed by atoms with Gasteiger partial charge in [-0.1, -0.05) is 29.6 Å². The third-order valence-electron chi connectivity index (χ3n) is 4.38. The first kappa shape index (κ1) is 17.4. The molecular weight excluding hydrogens is 346 g/mol. The molecule has 1 aromatic heterocycles. The van der Waals surface area contributed by atoms with Crippen molar-refractivity contribution in [2.24, 2.45) is 0 Å². The van der Waals surface area contributed by atoms with E-state index in [1.54, 1.807) is 24.3 Å². The largest absolute Gasteiger partial charge is 0.480 e. The number of rotatable bonds is 6. The zero-order valence-electron chi connectivity index (χ0n) is 13.5. The summed E-state index contributed by atoms with van der Waals surface area (Å²) in [7, 11) is 0. The minimum Gasteiger partial charge on any atom is -0.480 e. The lowest BCUT2D eigenvalue weighted by atomic mass is 9.97. The molecule has 1 aliphatic carbocycles. The van der Waals surface area contributed by atoms with Gasteiger partial charge in [0.2, 0.25) is 17.6 Å². The topological polar surface area (TPSA) is 105 Å². The van der Waals surface area contributed by atoms with Crippen LogP contribution in [0.1, 0.15) is 38.0 Å². The van der Waals surface area contributed by atoms with E-state index in [1.165, 1.54) is 0 Å². The summed E-state index contributed by atoms with van der Waals surface area (Å²) in [6, 6.07) is 7.02. The Morgan fingerprint density at radius 1 is 1.24 bits per heavy atom. The van der Waals surface area contributed by atoms with E-state index in [-0.39, 0.29) is 18.7 Å². The fourth-order valence-electron chi connectivity index (χ4n) is 2.99. The molecule has 7 nitrogen and oxygen atoms in total. The molecule has 0 unspecified atom stereocenters. The Hall–Kier alpha value is -2.41. The number of amides is 1. The molecule has 1 amide bonds. The highest BCUT2D eigenvalue weighted by molar-refractivity contribution is 6.30. The van der Waals surface area contributed by atoms with Gasteiger partial charge in [-0.05, 0) is 37.1 Å². The number of nitrogens with one attached hydrogen (secondary N) is 1. The summed E-state index contributed by atoms with van der Waals surface area (Å²) in [6.07, 6.45) is 2.89. The molecule has 0 saturated heterocycles. The molecule has 2 N–H and O–H groups in total. The quantitative estimate of drug-likeness (QED) is 0.817. The summed E-state index contributed by atoms with van der Waals surface area (Å²) in [4.78, 5) is 27.8. The van der Waals surface area contributed by atoms with Crippen molar-refractivity contribution in [2.75, 3.05) is 0 Å². The number of benzene rings is 1. The number of nitrogens with zero attached hydrogens (tertiary/aromatic N) is 2. The maximum absolute atomic E-state index is 12.1. The molecular formula is C17H18ClN3O4. The Labute approximate surface area is 149 Å². The minimum absolute atomic E-state index is 0.0945. The van der Waals surface area contributed by atoms with Crippen LogP contribution in [0.25, 0.3) is 11.4 Å². The van der Waals surface area contributed by atoms with E-state index >= 15 is 0 Å². The lowest BCUT2D eigenvalue weighted by Crippen LogP contribution is -2.52. The summed E-state index contributed by atoms with van der Waals surface area (Å²) >= 11 is 5.84. The van der Waals surface area contributed by atoms with Crippen molar-refractivity contribution < 1.29 is 19.2 Å². The zero-order chi connectivity index (χ0) is 17.9. The molecule has 3 rings (SSSR count). The summed E-state index contributed by atoms with van der Waals surface area (Å²) in [5, 5.41) is 16.5. The SMILES string of the molecule is O=C(CCc1nc(-c2ccc(Cl)cc2)no1)NC1(C(=O)O)CCCC1. The van der Waals surface area contributed by atoms with Crippen molar-refractivity contribution in [3.63, 3.8) is 0 Å². The number of hydrogen-bond acceptors (Lipinski definition) is 5. The summed E-state index contributed by atoms with van der Waals surface area (Å²) in [6.45, 7) is 0. The van der Waals surface area contributed by atoms with Crippen LogP contribution in [0.5, 0.6) is 0 Å². The number of carboxylic acid groups (broad SMARTS) is 1. The zero-order valence-corrected chi connectivity index (χ0v) is 14.3. The number of carboxylic acids is 1. The average Bonchev–Trinajstić information content (AvgIpc) is 3.24. The predicted octanol–water partition coefficient (Wildman–Crippen LogP) is 2.84. The number of carbonyl (C=O) groups excluding carboxylic acids is 1. The average molecular weight is 364 g/mol. The van der Waals surface area contributed by atoms with E-state index in [0.717, 1.165) is 18.4 Å². The summed E-state index contributed by atoms with van der Waals surface area (Å²) in [5.74, 6) is -0.544. The van der Waals surface area contributed by atoms with Gasteiger partial charge in [0.1, 0.15) is 5.54 Å². The van der Waals surface area contributed by atoms with Crippen molar-refractivity contribution in [2.45, 2.75) is 44.1 Å². The van der Waals surface area contributed by atoms with Gasteiger partial charge in [0, 0.05) is 23.4 Å². The van der Waals surface area contributed by atoms with Crippen molar-refractivity contribution in [3.05, 3.63) is 35.2 Å². The highest BCUT2D eigenvalue weighted by Crippen LogP contribution is 2.30. The Bertz CT molecular complexity index is 766. The van der Waals surface area contributed by atoms with Gasteiger partial charge in [-0.3, -0.25) is 4.79 Å². The van der Waals surface area contributed by atoms with E-state index in [1.807, 2.05) is 0 Å². The third-order valence-corrected chi connectivity index (χ3v) is 4.63. The lowest BCUT2D eigenvalue weighted by Gasteiger charge is -2.25. The van der Waals surface area contributed by atoms with E-state index < -0.39 is 11.5 Å². The van der Waals surface area contributed by atoms with Crippen LogP contribution in [-0.2, 0) is 16.0 Å². The van der Waals surface area contributed by atoms with E-state index in [4.69, 9.17) is 16.1 Å². The van der Waals surface area contributed by atoms with Gasteiger partial charge in [0.25, 0.3) is 0 Å². The molecule has 1 fully saturated rings. The summed E-state index contributed by atoms with van der Waals surface area (Å²) in [5.41, 5.74) is -0.361. The highest BCUT2D eigenvalue weighted by Gasteiger charge is 2.42. The number of aryl methyl sites for hydroxylation is 1. The van der Waals surface area contributed by atoms with Crippen LogP contribution in [0.3, 0.4) is 0 Å². The Kier molecular flexibility index (Phi) is 5.03. The van der Waals surface area contributed by atoms with E-state index in [0.29, 0.717) is 29.6 Å². The number of carbonyl (C=O) groups is 2. The van der Waals surface area contributed by atoms with Gasteiger partial charge in [-0.2, -0.15) is 4.98 Å². The van der Waals surface area contributed by atoms with Crippen LogP contribution < -0.4 is 5.32 Å². The molecule has 2 aromatic rings. The molecule has 1 heterocycles. The van der Waals surface area contributed by atoms with Crippen LogP contribution in [0.4, 0.5) is 0 Å². The van der Waals surface area contributed by atoms with Gasteiger partial charge >= 0.3 is 5.97 Å². The second-order valence-corrected chi connectivity index (χ2v) is 6.60. The Balaban J connectivity index is 1.57. The minimum atomic E-state index is -1.12. The van der Waals surface area contributed by atoms with Crippen LogP contribution in [-0.4, -0.2) is 32.7 Å². The number of halogens is 1. The van der Waals surface area contributed by atoms with E-state index in [9.17, 15) is 14.7 Å². The molecule has 0 radical (unpaired) electrons. The number of aromatic nitrogens is 2. The van der Waals surface area contributed by atoms with Crippen LogP contribution >= 0.6 is 11.6 Å². The van der Waals surface area contributed by atoms with Gasteiger partial charge in [0.05, 0.1) is 0 Å². The molecule has 25 heavy (non-hydrogen) atoms. The monoisotopic (exact) mass is 363 g/mol. The maximum atomic E-state index is 12.1. The third kappa shape index (κ3) is 3.99. The maximum Gasteiger partial charge on any atom is 0.329 e. The second-order valence-electron chi connectivity index (χ2n) is 6.16. The van der Waals surface area contributed by atoms with Crippen molar-refractivity contribution >= 4 is 23.5 Å². The van der Waals surface area contributed by atoms with E-state index in [2.05, 4.69) is 15.5 Å². The van der Waals surface area contributed by atoms with Crippen LogP contribution in [0.15, 0.2) is 28.8 Å². The lowest BCUT2D eigenvalue weighted by molar-refractivity contribution is -0.147. The van der Waals surface area contributed by atoms with Gasteiger partial charge in [-0.15, -0.1) is 0 Å². The normalized spacial score (nSPS) is 15.9. The van der Waals surface area contributed by atoms with Crippen molar-refractivity contribution in [3.8, 4) is 11.4 Å².